The number of hydrogen-bond donors (Lipinski definition) is 1. The van der Waals surface area contributed by atoms with Crippen molar-refractivity contribution in [3.63, 3.8) is 0 Å². The van der Waals surface area contributed by atoms with E-state index in [1.54, 1.807) is 6.20 Å². The molecular weight excluding hydrogens is 308 g/mol. The fourth-order valence-electron chi connectivity index (χ4n) is 1.39. The van der Waals surface area contributed by atoms with Gasteiger partial charge in [0.15, 0.2) is 0 Å². The minimum Gasteiger partial charge on any atom is -0.378 e. The van der Waals surface area contributed by atoms with Gasteiger partial charge in [-0.2, -0.15) is 0 Å². The van der Waals surface area contributed by atoms with Crippen LogP contribution >= 0.6 is 38.9 Å². The summed E-state index contributed by atoms with van der Waals surface area (Å²) in [7, 11) is 0. The molecule has 0 radical (unpaired) electrons. The van der Waals surface area contributed by atoms with Crippen LogP contribution in [0.1, 0.15) is 10.6 Å². The Balaban J connectivity index is 2.04. The van der Waals surface area contributed by atoms with E-state index < -0.39 is 0 Å². The quantitative estimate of drug-likeness (QED) is 0.903. The first-order valence-electron chi connectivity index (χ1n) is 4.75. The van der Waals surface area contributed by atoms with Crippen molar-refractivity contribution < 1.29 is 0 Å². The van der Waals surface area contributed by atoms with Crippen LogP contribution in [0, 0.1) is 6.92 Å². The molecule has 2 aromatic rings. The first kappa shape index (κ1) is 11.9. The number of aromatic nitrogens is 1. The van der Waals surface area contributed by atoms with Gasteiger partial charge in [0.05, 0.1) is 12.7 Å². The van der Waals surface area contributed by atoms with Gasteiger partial charge in [0.1, 0.15) is 9.34 Å². The highest BCUT2D eigenvalue weighted by molar-refractivity contribution is 9.10. The number of thiazole rings is 1. The standard InChI is InChI=1S/C11H10BrClN2S/c1-7-2-8(12)4-9(3-7)14-6-11-15-5-10(13)16-11/h2-5,14H,6H2,1H3. The minimum absolute atomic E-state index is 0.702. The summed E-state index contributed by atoms with van der Waals surface area (Å²) in [6, 6.07) is 6.22. The number of aryl methyl sites for hydroxylation is 1. The maximum absolute atomic E-state index is 5.81. The van der Waals surface area contributed by atoms with Crippen LogP contribution < -0.4 is 5.32 Å². The van der Waals surface area contributed by atoms with E-state index in [1.807, 2.05) is 6.07 Å². The number of benzene rings is 1. The zero-order valence-electron chi connectivity index (χ0n) is 8.63. The first-order chi connectivity index (χ1) is 7.63. The zero-order chi connectivity index (χ0) is 11.5. The summed E-state index contributed by atoms with van der Waals surface area (Å²) < 4.78 is 1.80. The first-order valence-corrected chi connectivity index (χ1v) is 6.73. The van der Waals surface area contributed by atoms with Gasteiger partial charge in [-0.15, -0.1) is 11.3 Å². The molecule has 0 bridgehead atoms. The zero-order valence-corrected chi connectivity index (χ0v) is 11.8. The highest BCUT2D eigenvalue weighted by Gasteiger charge is 2.00. The fourth-order valence-corrected chi connectivity index (χ4v) is 2.89. The number of nitrogens with zero attached hydrogens (tertiary/aromatic N) is 1. The Bertz CT molecular complexity index is 478. The molecule has 0 saturated heterocycles. The van der Waals surface area contributed by atoms with E-state index in [4.69, 9.17) is 11.6 Å². The van der Waals surface area contributed by atoms with Gasteiger partial charge < -0.3 is 5.32 Å². The van der Waals surface area contributed by atoms with Crippen LogP contribution in [0.3, 0.4) is 0 Å². The van der Waals surface area contributed by atoms with Gasteiger partial charge >= 0.3 is 0 Å². The Morgan fingerprint density at radius 1 is 1.44 bits per heavy atom. The van der Waals surface area contributed by atoms with E-state index in [9.17, 15) is 0 Å². The number of anilines is 1. The van der Waals surface area contributed by atoms with Crippen LogP contribution in [0.4, 0.5) is 5.69 Å². The van der Waals surface area contributed by atoms with Gasteiger partial charge in [0.2, 0.25) is 0 Å². The molecular formula is C11H10BrClN2S. The molecule has 1 aromatic heterocycles. The molecule has 0 aliphatic heterocycles. The van der Waals surface area contributed by atoms with Crippen LogP contribution in [0.2, 0.25) is 4.34 Å². The molecule has 5 heteroatoms. The van der Waals surface area contributed by atoms with Crippen molar-refractivity contribution in [3.8, 4) is 0 Å². The van der Waals surface area contributed by atoms with E-state index >= 15 is 0 Å². The Morgan fingerprint density at radius 3 is 2.88 bits per heavy atom. The maximum atomic E-state index is 5.81. The smallest absolute Gasteiger partial charge is 0.113 e. The normalized spacial score (nSPS) is 10.4. The maximum Gasteiger partial charge on any atom is 0.113 e. The fraction of sp³-hybridized carbons (Fsp3) is 0.182. The molecule has 0 aliphatic carbocycles. The minimum atomic E-state index is 0.702. The third kappa shape index (κ3) is 3.20. The van der Waals surface area contributed by atoms with Gasteiger partial charge in [0.25, 0.3) is 0 Å². The third-order valence-electron chi connectivity index (χ3n) is 2.01. The van der Waals surface area contributed by atoms with E-state index in [-0.39, 0.29) is 0 Å². The summed E-state index contributed by atoms with van der Waals surface area (Å²) in [5.41, 5.74) is 2.30. The summed E-state index contributed by atoms with van der Waals surface area (Å²) in [6.45, 7) is 2.77. The Kier molecular flexibility index (Phi) is 3.84. The van der Waals surface area contributed by atoms with Crippen molar-refractivity contribution >= 4 is 44.6 Å². The van der Waals surface area contributed by atoms with Crippen molar-refractivity contribution in [3.05, 3.63) is 43.8 Å². The topological polar surface area (TPSA) is 24.9 Å². The third-order valence-corrected chi connectivity index (χ3v) is 3.58. The SMILES string of the molecule is Cc1cc(Br)cc(NCc2ncc(Cl)s2)c1. The summed E-state index contributed by atoms with van der Waals surface area (Å²) in [5.74, 6) is 0. The van der Waals surface area contributed by atoms with Crippen molar-refractivity contribution in [1.29, 1.82) is 0 Å². The molecule has 0 amide bonds. The van der Waals surface area contributed by atoms with Crippen LogP contribution in [-0.2, 0) is 6.54 Å². The second-order valence-corrected chi connectivity index (χ2v) is 6.09. The van der Waals surface area contributed by atoms with Crippen LogP contribution in [0.5, 0.6) is 0 Å². The largest absolute Gasteiger partial charge is 0.378 e. The molecule has 0 aliphatic rings. The average molecular weight is 318 g/mol. The molecule has 16 heavy (non-hydrogen) atoms. The van der Waals surface area contributed by atoms with Crippen molar-refractivity contribution in [2.24, 2.45) is 0 Å². The van der Waals surface area contributed by atoms with Crippen molar-refractivity contribution in [1.82, 2.24) is 4.98 Å². The Hall–Kier alpha value is -0.580. The highest BCUT2D eigenvalue weighted by Crippen LogP contribution is 2.22. The van der Waals surface area contributed by atoms with Crippen molar-refractivity contribution in [2.75, 3.05) is 5.32 Å². The van der Waals surface area contributed by atoms with Crippen molar-refractivity contribution in [2.45, 2.75) is 13.5 Å². The van der Waals surface area contributed by atoms with Crippen LogP contribution in [0.15, 0.2) is 28.9 Å². The molecule has 0 saturated carbocycles. The monoisotopic (exact) mass is 316 g/mol. The Morgan fingerprint density at radius 2 is 2.25 bits per heavy atom. The molecule has 84 valence electrons. The number of nitrogens with one attached hydrogen (secondary N) is 1. The lowest BCUT2D eigenvalue weighted by Gasteiger charge is -2.06. The van der Waals surface area contributed by atoms with E-state index in [1.165, 1.54) is 16.9 Å². The van der Waals surface area contributed by atoms with Gasteiger partial charge in [-0.1, -0.05) is 27.5 Å². The predicted octanol–water partition coefficient (Wildman–Crippen LogP) is 4.48. The number of rotatable bonds is 3. The van der Waals surface area contributed by atoms with Crippen LogP contribution in [0.25, 0.3) is 0 Å². The number of halogens is 2. The molecule has 0 atom stereocenters. The summed E-state index contributed by atoms with van der Waals surface area (Å²) in [4.78, 5) is 4.19. The lowest BCUT2D eigenvalue weighted by atomic mass is 10.2. The molecule has 0 unspecified atom stereocenters. The van der Waals surface area contributed by atoms with Gasteiger partial charge in [0, 0.05) is 10.2 Å². The second kappa shape index (κ2) is 5.17. The molecule has 2 nitrogen and oxygen atoms in total. The summed E-state index contributed by atoms with van der Waals surface area (Å²) in [6.07, 6.45) is 1.68. The lowest BCUT2D eigenvalue weighted by molar-refractivity contribution is 1.10. The van der Waals surface area contributed by atoms with E-state index in [0.717, 1.165) is 19.5 Å². The lowest BCUT2D eigenvalue weighted by Crippen LogP contribution is -1.98. The second-order valence-electron chi connectivity index (χ2n) is 3.43. The molecule has 1 aromatic carbocycles. The predicted molar refractivity (Wildman–Crippen MR) is 73.3 cm³/mol. The molecule has 1 heterocycles. The molecule has 2 rings (SSSR count). The molecule has 0 fully saturated rings. The van der Waals surface area contributed by atoms with Crippen LogP contribution in [-0.4, -0.2) is 4.98 Å². The molecule has 0 spiro atoms. The van der Waals surface area contributed by atoms with E-state index in [2.05, 4.69) is 45.3 Å². The molecule has 1 N–H and O–H groups in total. The van der Waals surface area contributed by atoms with Gasteiger partial charge in [-0.25, -0.2) is 4.98 Å². The summed E-state index contributed by atoms with van der Waals surface area (Å²) in [5, 5.41) is 4.30. The Labute approximate surface area is 112 Å². The highest BCUT2D eigenvalue weighted by atomic mass is 79.9. The van der Waals surface area contributed by atoms with Gasteiger partial charge in [-0.05, 0) is 30.7 Å². The van der Waals surface area contributed by atoms with Gasteiger partial charge in [-0.3, -0.25) is 0 Å². The average Bonchev–Trinajstić information content (AvgIpc) is 2.60. The number of hydrogen-bond acceptors (Lipinski definition) is 3. The summed E-state index contributed by atoms with van der Waals surface area (Å²) >= 11 is 10.8. The van der Waals surface area contributed by atoms with E-state index in [0.29, 0.717) is 6.54 Å².